The highest BCUT2D eigenvalue weighted by atomic mass is 19.1. The Labute approximate surface area is 172 Å². The van der Waals surface area contributed by atoms with Gasteiger partial charge in [-0.2, -0.15) is 5.10 Å². The van der Waals surface area contributed by atoms with E-state index in [0.717, 1.165) is 17.5 Å². The van der Waals surface area contributed by atoms with Crippen molar-refractivity contribution in [1.29, 1.82) is 0 Å². The van der Waals surface area contributed by atoms with Gasteiger partial charge in [0.05, 0.1) is 30.7 Å². The number of halogens is 2. The molecule has 3 aromatic rings. The summed E-state index contributed by atoms with van der Waals surface area (Å²) in [6.07, 6.45) is 1.75. The third-order valence-corrected chi connectivity index (χ3v) is 5.27. The van der Waals surface area contributed by atoms with Crippen molar-refractivity contribution in [2.24, 2.45) is 0 Å². The molecular weight excluding hydrogens is 390 g/mol. The van der Waals surface area contributed by atoms with E-state index in [1.807, 2.05) is 13.8 Å². The number of hydrogen-bond acceptors (Lipinski definition) is 4. The Morgan fingerprint density at radius 1 is 1.23 bits per heavy atom. The van der Waals surface area contributed by atoms with Gasteiger partial charge < -0.3 is 10.1 Å². The molecule has 0 spiro atoms. The lowest BCUT2D eigenvalue weighted by Crippen LogP contribution is -2.27. The zero-order valence-electron chi connectivity index (χ0n) is 16.9. The summed E-state index contributed by atoms with van der Waals surface area (Å²) >= 11 is 0. The quantitative estimate of drug-likeness (QED) is 0.681. The molecule has 1 amide bonds. The molecule has 156 valence electrons. The summed E-state index contributed by atoms with van der Waals surface area (Å²) in [7, 11) is 1.46. The van der Waals surface area contributed by atoms with Crippen molar-refractivity contribution in [3.63, 3.8) is 0 Å². The van der Waals surface area contributed by atoms with Gasteiger partial charge in [0.25, 0.3) is 5.91 Å². The largest absolute Gasteiger partial charge is 0.481 e. The molecule has 1 aliphatic heterocycles. The van der Waals surface area contributed by atoms with Gasteiger partial charge in [0.15, 0.2) is 5.82 Å². The van der Waals surface area contributed by atoms with Crippen molar-refractivity contribution < 1.29 is 18.3 Å². The lowest BCUT2D eigenvalue weighted by Gasteiger charge is -2.14. The fraction of sp³-hybridized carbons (Fsp3) is 0.318. The van der Waals surface area contributed by atoms with E-state index in [-0.39, 0.29) is 34.9 Å². The van der Waals surface area contributed by atoms with Crippen LogP contribution in [0.3, 0.4) is 0 Å². The highest BCUT2D eigenvalue weighted by molar-refractivity contribution is 5.94. The SMILES string of the molecule is COc1cc(-c2cc3n(n2)CC[C@@H]3NC(=O)c2cc(F)cc(C(C)C)c2)c(F)cn1. The smallest absolute Gasteiger partial charge is 0.251 e. The monoisotopic (exact) mass is 412 g/mol. The van der Waals surface area contributed by atoms with Crippen LogP contribution < -0.4 is 10.1 Å². The summed E-state index contributed by atoms with van der Waals surface area (Å²) in [6.45, 7) is 4.48. The van der Waals surface area contributed by atoms with E-state index < -0.39 is 11.6 Å². The van der Waals surface area contributed by atoms with Crippen LogP contribution in [-0.2, 0) is 6.54 Å². The molecule has 2 aromatic heterocycles. The molecule has 0 unspecified atom stereocenters. The number of pyridine rings is 1. The molecule has 1 atom stereocenters. The van der Waals surface area contributed by atoms with Crippen molar-refractivity contribution in [2.75, 3.05) is 7.11 Å². The van der Waals surface area contributed by atoms with Gasteiger partial charge in [-0.1, -0.05) is 13.8 Å². The van der Waals surface area contributed by atoms with Gasteiger partial charge in [-0.15, -0.1) is 0 Å². The Kier molecular flexibility index (Phi) is 5.24. The number of carbonyl (C=O) groups is 1. The molecule has 0 saturated carbocycles. The Hall–Kier alpha value is -3.29. The maximum atomic E-state index is 14.3. The minimum Gasteiger partial charge on any atom is -0.481 e. The predicted octanol–water partition coefficient (Wildman–Crippen LogP) is 4.23. The van der Waals surface area contributed by atoms with Crippen molar-refractivity contribution >= 4 is 5.91 Å². The average molecular weight is 412 g/mol. The van der Waals surface area contributed by atoms with Crippen LogP contribution in [0.2, 0.25) is 0 Å². The fourth-order valence-corrected chi connectivity index (χ4v) is 3.61. The molecule has 1 aromatic carbocycles. The summed E-state index contributed by atoms with van der Waals surface area (Å²) in [5, 5.41) is 7.41. The van der Waals surface area contributed by atoms with E-state index >= 15 is 0 Å². The molecule has 4 rings (SSSR count). The van der Waals surface area contributed by atoms with Crippen LogP contribution >= 0.6 is 0 Å². The van der Waals surface area contributed by atoms with Gasteiger partial charge in [0, 0.05) is 23.7 Å². The summed E-state index contributed by atoms with van der Waals surface area (Å²) in [5.74, 6) is -0.901. The molecule has 1 N–H and O–H groups in total. The van der Waals surface area contributed by atoms with Gasteiger partial charge in [0.1, 0.15) is 5.82 Å². The van der Waals surface area contributed by atoms with Crippen LogP contribution in [-0.4, -0.2) is 27.8 Å². The Balaban J connectivity index is 1.58. The minimum atomic E-state index is -0.505. The number of amides is 1. The number of carbonyl (C=O) groups excluding carboxylic acids is 1. The van der Waals surface area contributed by atoms with Crippen LogP contribution in [0.5, 0.6) is 5.88 Å². The van der Waals surface area contributed by atoms with Crippen molar-refractivity contribution in [2.45, 2.75) is 38.8 Å². The molecule has 3 heterocycles. The van der Waals surface area contributed by atoms with Gasteiger partial charge in [-0.3, -0.25) is 9.48 Å². The van der Waals surface area contributed by atoms with Crippen molar-refractivity contribution in [1.82, 2.24) is 20.1 Å². The number of rotatable bonds is 5. The van der Waals surface area contributed by atoms with Crippen LogP contribution in [0, 0.1) is 11.6 Å². The maximum absolute atomic E-state index is 14.3. The second kappa shape index (κ2) is 7.85. The predicted molar refractivity (Wildman–Crippen MR) is 107 cm³/mol. The number of ether oxygens (including phenoxy) is 1. The number of aryl methyl sites for hydroxylation is 1. The molecule has 1 aliphatic rings. The van der Waals surface area contributed by atoms with Gasteiger partial charge in [-0.25, -0.2) is 13.8 Å². The van der Waals surface area contributed by atoms with Crippen LogP contribution in [0.25, 0.3) is 11.3 Å². The second-order valence-electron chi connectivity index (χ2n) is 7.63. The molecule has 0 radical (unpaired) electrons. The first-order valence-corrected chi connectivity index (χ1v) is 9.74. The zero-order valence-corrected chi connectivity index (χ0v) is 16.9. The number of nitrogens with zero attached hydrogens (tertiary/aromatic N) is 3. The number of aromatic nitrogens is 3. The normalized spacial score (nSPS) is 15.3. The summed E-state index contributed by atoms with van der Waals surface area (Å²) in [6, 6.07) is 7.32. The highest BCUT2D eigenvalue weighted by Gasteiger charge is 2.28. The topological polar surface area (TPSA) is 69.0 Å². The fourth-order valence-electron chi connectivity index (χ4n) is 3.61. The second-order valence-corrected chi connectivity index (χ2v) is 7.63. The van der Waals surface area contributed by atoms with E-state index in [1.54, 1.807) is 16.8 Å². The summed E-state index contributed by atoms with van der Waals surface area (Å²) < 4.78 is 35.0. The number of methoxy groups -OCH3 is 1. The van der Waals surface area contributed by atoms with E-state index in [2.05, 4.69) is 15.4 Å². The zero-order chi connectivity index (χ0) is 21.4. The Morgan fingerprint density at radius 2 is 2.03 bits per heavy atom. The maximum Gasteiger partial charge on any atom is 0.251 e. The molecule has 0 bridgehead atoms. The first-order chi connectivity index (χ1) is 14.4. The van der Waals surface area contributed by atoms with E-state index in [9.17, 15) is 13.6 Å². The van der Waals surface area contributed by atoms with E-state index in [0.29, 0.717) is 18.7 Å². The number of nitrogens with one attached hydrogen (secondary N) is 1. The van der Waals surface area contributed by atoms with Crippen molar-refractivity contribution in [3.8, 4) is 17.1 Å². The molecule has 8 heteroatoms. The first kappa shape index (κ1) is 20.0. The lowest BCUT2D eigenvalue weighted by molar-refractivity contribution is 0.0936. The average Bonchev–Trinajstić information content (AvgIpc) is 3.29. The van der Waals surface area contributed by atoms with Crippen LogP contribution in [0.1, 0.15) is 53.8 Å². The van der Waals surface area contributed by atoms with Gasteiger partial charge in [0.2, 0.25) is 5.88 Å². The third kappa shape index (κ3) is 3.77. The molecule has 0 saturated heterocycles. The van der Waals surface area contributed by atoms with Crippen LogP contribution in [0.4, 0.5) is 8.78 Å². The third-order valence-electron chi connectivity index (χ3n) is 5.27. The van der Waals surface area contributed by atoms with Crippen molar-refractivity contribution in [3.05, 3.63) is 65.0 Å². The first-order valence-electron chi connectivity index (χ1n) is 9.74. The number of hydrogen-bond donors (Lipinski definition) is 1. The Morgan fingerprint density at radius 3 is 2.77 bits per heavy atom. The standard InChI is InChI=1S/C22H22F2N4O2/c1-12(2)13-6-14(8-15(23)7-13)22(29)26-18-4-5-28-20(18)10-19(27-28)16-9-21(30-3)25-11-17(16)24/h6-12,18H,4-5H2,1-3H3,(H,26,29)/t18-/m0/s1. The van der Waals surface area contributed by atoms with Gasteiger partial charge >= 0.3 is 0 Å². The minimum absolute atomic E-state index is 0.106. The lowest BCUT2D eigenvalue weighted by atomic mass is 10.00. The summed E-state index contributed by atoms with van der Waals surface area (Å²) in [4.78, 5) is 16.6. The number of benzene rings is 1. The van der Waals surface area contributed by atoms with Crippen LogP contribution in [0.15, 0.2) is 36.5 Å². The van der Waals surface area contributed by atoms with Gasteiger partial charge in [-0.05, 0) is 42.2 Å². The molecule has 0 aliphatic carbocycles. The molecule has 6 nitrogen and oxygen atoms in total. The van der Waals surface area contributed by atoms with E-state index in [4.69, 9.17) is 4.74 Å². The van der Waals surface area contributed by atoms with E-state index in [1.165, 1.54) is 25.3 Å². The molecule has 30 heavy (non-hydrogen) atoms. The molecule has 0 fully saturated rings. The Bertz CT molecular complexity index is 1110. The highest BCUT2D eigenvalue weighted by Crippen LogP contribution is 2.32. The number of fused-ring (bicyclic) bond motifs is 1. The molecular formula is C22H22F2N4O2. The summed E-state index contributed by atoms with van der Waals surface area (Å²) in [5.41, 5.74) is 2.53.